The molecule has 1 aliphatic heterocycles. The molecule has 2 fully saturated rings. The maximum Gasteiger partial charge on any atom is 0.243 e. The molecule has 2 aliphatic rings. The zero-order chi connectivity index (χ0) is 15.0. The summed E-state index contributed by atoms with van der Waals surface area (Å²) >= 11 is 0. The molecule has 0 bridgehead atoms. The Kier molecular flexibility index (Phi) is 3.90. The Hall–Kier alpha value is -1.18. The maximum atomic E-state index is 13.2. The number of halogens is 1. The van der Waals surface area contributed by atoms with Crippen LogP contribution in [0.15, 0.2) is 23.1 Å². The molecule has 2 atom stereocenters. The van der Waals surface area contributed by atoms with Gasteiger partial charge in [0.05, 0.1) is 29.3 Å². The van der Waals surface area contributed by atoms with Gasteiger partial charge in [-0.2, -0.15) is 4.31 Å². The molecular formula is C14H19FN2O3S. The summed E-state index contributed by atoms with van der Waals surface area (Å²) in [6.07, 6.45) is 3.74. The van der Waals surface area contributed by atoms with Crippen LogP contribution in [0.2, 0.25) is 0 Å². The van der Waals surface area contributed by atoms with Crippen LogP contribution < -0.4 is 5.73 Å². The van der Waals surface area contributed by atoms with E-state index in [1.165, 1.54) is 16.4 Å². The molecule has 116 valence electrons. The largest absolute Gasteiger partial charge is 0.396 e. The quantitative estimate of drug-likeness (QED) is 0.844. The third-order valence-electron chi connectivity index (χ3n) is 4.26. The number of fused-ring (bicyclic) bond motifs is 1. The number of hydrogen-bond acceptors (Lipinski definition) is 4. The van der Waals surface area contributed by atoms with Gasteiger partial charge in [-0.3, -0.25) is 0 Å². The van der Waals surface area contributed by atoms with Crippen LogP contribution in [0.5, 0.6) is 0 Å². The van der Waals surface area contributed by atoms with E-state index in [2.05, 4.69) is 0 Å². The third-order valence-corrected chi connectivity index (χ3v) is 6.18. The van der Waals surface area contributed by atoms with Crippen LogP contribution >= 0.6 is 0 Å². The summed E-state index contributed by atoms with van der Waals surface area (Å²) in [5.74, 6) is -0.605. The van der Waals surface area contributed by atoms with Gasteiger partial charge in [0.1, 0.15) is 5.82 Å². The van der Waals surface area contributed by atoms with Gasteiger partial charge in [0, 0.05) is 6.54 Å². The molecule has 0 radical (unpaired) electrons. The van der Waals surface area contributed by atoms with Crippen LogP contribution in [0.25, 0.3) is 0 Å². The number of rotatable bonds is 2. The molecule has 1 aromatic carbocycles. The lowest BCUT2D eigenvalue weighted by molar-refractivity contribution is -0.0586. The summed E-state index contributed by atoms with van der Waals surface area (Å²) in [6.45, 7) is 0.734. The van der Waals surface area contributed by atoms with Gasteiger partial charge < -0.3 is 10.5 Å². The van der Waals surface area contributed by atoms with E-state index in [-0.39, 0.29) is 22.7 Å². The van der Waals surface area contributed by atoms with E-state index in [1.807, 2.05) is 0 Å². The fourth-order valence-corrected chi connectivity index (χ4v) is 4.88. The molecule has 0 amide bonds. The maximum absolute atomic E-state index is 13.2. The van der Waals surface area contributed by atoms with Gasteiger partial charge in [-0.25, -0.2) is 12.8 Å². The van der Waals surface area contributed by atoms with Crippen molar-refractivity contribution in [2.45, 2.75) is 42.7 Å². The first-order chi connectivity index (χ1) is 10.00. The molecule has 2 unspecified atom stereocenters. The number of benzene rings is 1. The van der Waals surface area contributed by atoms with E-state index in [0.29, 0.717) is 13.2 Å². The highest BCUT2D eigenvalue weighted by Crippen LogP contribution is 2.32. The van der Waals surface area contributed by atoms with Crippen molar-refractivity contribution >= 4 is 15.7 Å². The summed E-state index contributed by atoms with van der Waals surface area (Å²) < 4.78 is 46.0. The monoisotopic (exact) mass is 314 g/mol. The first-order valence-electron chi connectivity index (χ1n) is 7.18. The second kappa shape index (κ2) is 5.55. The number of morpholine rings is 1. The number of ether oxygens (including phenoxy) is 1. The summed E-state index contributed by atoms with van der Waals surface area (Å²) in [7, 11) is -3.67. The van der Waals surface area contributed by atoms with Crippen LogP contribution in [0, 0.1) is 5.82 Å². The first-order valence-corrected chi connectivity index (χ1v) is 8.62. The van der Waals surface area contributed by atoms with Crippen molar-refractivity contribution in [2.24, 2.45) is 0 Å². The highest BCUT2D eigenvalue weighted by molar-refractivity contribution is 7.89. The highest BCUT2D eigenvalue weighted by Gasteiger charge is 2.40. The van der Waals surface area contributed by atoms with Gasteiger partial charge in [-0.15, -0.1) is 0 Å². The van der Waals surface area contributed by atoms with E-state index >= 15 is 0 Å². The minimum Gasteiger partial charge on any atom is -0.396 e. The molecule has 3 rings (SSSR count). The summed E-state index contributed by atoms with van der Waals surface area (Å²) in [5.41, 5.74) is 5.35. The molecule has 2 N–H and O–H groups in total. The van der Waals surface area contributed by atoms with E-state index in [4.69, 9.17) is 10.5 Å². The zero-order valence-corrected chi connectivity index (χ0v) is 12.5. The average molecular weight is 314 g/mol. The van der Waals surface area contributed by atoms with Gasteiger partial charge in [0.25, 0.3) is 0 Å². The number of nitrogen functional groups attached to an aromatic ring is 1. The molecule has 21 heavy (non-hydrogen) atoms. The van der Waals surface area contributed by atoms with Crippen LogP contribution in [0.4, 0.5) is 10.1 Å². The van der Waals surface area contributed by atoms with Crippen LogP contribution in [-0.4, -0.2) is 38.0 Å². The average Bonchev–Trinajstić information content (AvgIpc) is 2.49. The number of hydrogen-bond donors (Lipinski definition) is 1. The Morgan fingerprint density at radius 1 is 1.29 bits per heavy atom. The summed E-state index contributed by atoms with van der Waals surface area (Å²) in [4.78, 5) is 0.0487. The molecule has 1 aromatic rings. The molecule has 1 heterocycles. The van der Waals surface area contributed by atoms with Gasteiger partial charge in [-0.1, -0.05) is 12.8 Å². The molecule has 7 heteroatoms. The van der Waals surface area contributed by atoms with E-state index < -0.39 is 15.8 Å². The SMILES string of the molecule is Nc1cc(S(=O)(=O)N2CCOC3CCCCC32)ccc1F. The molecule has 1 saturated carbocycles. The van der Waals surface area contributed by atoms with E-state index in [0.717, 1.165) is 31.7 Å². The normalized spacial score (nSPS) is 27.3. The molecule has 1 saturated heterocycles. The van der Waals surface area contributed by atoms with Crippen LogP contribution in [-0.2, 0) is 14.8 Å². The lowest BCUT2D eigenvalue weighted by Crippen LogP contribution is -2.54. The standard InChI is InChI=1S/C14H19FN2O3S/c15-11-6-5-10(9-12(11)16)21(18,19)17-7-8-20-14-4-2-1-3-13(14)17/h5-6,9,13-14H,1-4,7-8,16H2. The van der Waals surface area contributed by atoms with Crippen molar-refractivity contribution in [3.05, 3.63) is 24.0 Å². The fraction of sp³-hybridized carbons (Fsp3) is 0.571. The minimum absolute atomic E-state index is 0.0277. The predicted molar refractivity (Wildman–Crippen MR) is 76.7 cm³/mol. The number of anilines is 1. The smallest absolute Gasteiger partial charge is 0.243 e. The highest BCUT2D eigenvalue weighted by atomic mass is 32.2. The Bertz CT molecular complexity index is 633. The lowest BCUT2D eigenvalue weighted by Gasteiger charge is -2.42. The third kappa shape index (κ3) is 2.65. The van der Waals surface area contributed by atoms with Crippen LogP contribution in [0.1, 0.15) is 25.7 Å². The Morgan fingerprint density at radius 3 is 2.81 bits per heavy atom. The van der Waals surface area contributed by atoms with Gasteiger partial charge >= 0.3 is 0 Å². The van der Waals surface area contributed by atoms with Crippen LogP contribution in [0.3, 0.4) is 0 Å². The first kappa shape index (κ1) is 14.7. The topological polar surface area (TPSA) is 72.6 Å². The van der Waals surface area contributed by atoms with E-state index in [1.54, 1.807) is 0 Å². The molecule has 0 spiro atoms. The summed E-state index contributed by atoms with van der Waals surface area (Å²) in [5, 5.41) is 0. The van der Waals surface area contributed by atoms with Crippen molar-refractivity contribution in [2.75, 3.05) is 18.9 Å². The molecular weight excluding hydrogens is 295 g/mol. The Balaban J connectivity index is 1.94. The van der Waals surface area contributed by atoms with Crippen molar-refractivity contribution < 1.29 is 17.5 Å². The van der Waals surface area contributed by atoms with Crippen molar-refractivity contribution in [3.8, 4) is 0 Å². The summed E-state index contributed by atoms with van der Waals surface area (Å²) in [6, 6.07) is 3.44. The Morgan fingerprint density at radius 2 is 2.05 bits per heavy atom. The molecule has 0 aromatic heterocycles. The second-order valence-electron chi connectivity index (χ2n) is 5.56. The van der Waals surface area contributed by atoms with Crippen molar-refractivity contribution in [1.29, 1.82) is 0 Å². The van der Waals surface area contributed by atoms with Crippen molar-refractivity contribution in [3.63, 3.8) is 0 Å². The Labute approximate surface area is 123 Å². The van der Waals surface area contributed by atoms with E-state index in [9.17, 15) is 12.8 Å². The minimum atomic E-state index is -3.67. The number of nitrogens with two attached hydrogens (primary N) is 1. The zero-order valence-electron chi connectivity index (χ0n) is 11.7. The van der Waals surface area contributed by atoms with Gasteiger partial charge in [0.2, 0.25) is 10.0 Å². The number of sulfonamides is 1. The predicted octanol–water partition coefficient (Wildman–Crippen LogP) is 1.74. The second-order valence-corrected chi connectivity index (χ2v) is 7.45. The van der Waals surface area contributed by atoms with Gasteiger partial charge in [-0.05, 0) is 31.0 Å². The molecule has 5 nitrogen and oxygen atoms in total. The molecule has 1 aliphatic carbocycles. The number of nitrogens with zero attached hydrogens (tertiary/aromatic N) is 1. The van der Waals surface area contributed by atoms with Gasteiger partial charge in [0.15, 0.2) is 0 Å². The van der Waals surface area contributed by atoms with Crippen molar-refractivity contribution in [1.82, 2.24) is 4.31 Å². The lowest BCUT2D eigenvalue weighted by atomic mass is 9.91. The fourth-order valence-electron chi connectivity index (χ4n) is 3.18.